The SMILES string of the molecule is CCC(C)NC(=O)Cn1nc(N)cc1C. The Morgan fingerprint density at radius 1 is 1.73 bits per heavy atom. The van der Waals surface area contributed by atoms with Gasteiger partial charge < -0.3 is 11.1 Å². The summed E-state index contributed by atoms with van der Waals surface area (Å²) >= 11 is 0. The number of aryl methyl sites for hydroxylation is 1. The Hall–Kier alpha value is -1.52. The minimum atomic E-state index is -0.0319. The molecule has 0 aliphatic rings. The second kappa shape index (κ2) is 4.82. The molecule has 84 valence electrons. The molecular formula is C10H18N4O. The van der Waals surface area contributed by atoms with Crippen LogP contribution in [0.2, 0.25) is 0 Å². The van der Waals surface area contributed by atoms with Crippen molar-refractivity contribution in [2.75, 3.05) is 5.73 Å². The van der Waals surface area contributed by atoms with Crippen molar-refractivity contribution in [1.82, 2.24) is 15.1 Å². The molecule has 0 bridgehead atoms. The Labute approximate surface area is 89.6 Å². The number of nitrogens with zero attached hydrogens (tertiary/aromatic N) is 2. The van der Waals surface area contributed by atoms with E-state index in [9.17, 15) is 4.79 Å². The van der Waals surface area contributed by atoms with Crippen molar-refractivity contribution >= 4 is 11.7 Å². The van der Waals surface area contributed by atoms with E-state index in [1.807, 2.05) is 20.8 Å². The van der Waals surface area contributed by atoms with Crippen LogP contribution in [-0.2, 0) is 11.3 Å². The van der Waals surface area contributed by atoms with Gasteiger partial charge in [-0.1, -0.05) is 6.92 Å². The average molecular weight is 210 g/mol. The van der Waals surface area contributed by atoms with Crippen LogP contribution < -0.4 is 11.1 Å². The van der Waals surface area contributed by atoms with Gasteiger partial charge in [0.05, 0.1) is 0 Å². The number of nitrogen functional groups attached to an aromatic ring is 1. The van der Waals surface area contributed by atoms with Crippen LogP contribution in [0.5, 0.6) is 0 Å². The topological polar surface area (TPSA) is 72.9 Å². The Balaban J connectivity index is 2.55. The van der Waals surface area contributed by atoms with Crippen molar-refractivity contribution in [3.8, 4) is 0 Å². The van der Waals surface area contributed by atoms with Crippen LogP contribution >= 0.6 is 0 Å². The summed E-state index contributed by atoms with van der Waals surface area (Å²) in [4.78, 5) is 11.5. The molecule has 0 spiro atoms. The van der Waals surface area contributed by atoms with Crippen molar-refractivity contribution in [2.45, 2.75) is 39.8 Å². The number of carbonyl (C=O) groups is 1. The first-order chi connectivity index (χ1) is 7.02. The van der Waals surface area contributed by atoms with Gasteiger partial charge in [-0.15, -0.1) is 0 Å². The van der Waals surface area contributed by atoms with Crippen molar-refractivity contribution in [1.29, 1.82) is 0 Å². The highest BCUT2D eigenvalue weighted by molar-refractivity contribution is 5.76. The van der Waals surface area contributed by atoms with Crippen molar-refractivity contribution in [3.63, 3.8) is 0 Å². The monoisotopic (exact) mass is 210 g/mol. The fraction of sp³-hybridized carbons (Fsp3) is 0.600. The Morgan fingerprint density at radius 3 is 2.87 bits per heavy atom. The number of rotatable bonds is 4. The third-order valence-electron chi connectivity index (χ3n) is 2.31. The first-order valence-electron chi connectivity index (χ1n) is 5.12. The summed E-state index contributed by atoms with van der Waals surface area (Å²) in [7, 11) is 0. The zero-order valence-electron chi connectivity index (χ0n) is 9.45. The van der Waals surface area contributed by atoms with Crippen LogP contribution in [0, 0.1) is 6.92 Å². The minimum absolute atomic E-state index is 0.0319. The molecule has 15 heavy (non-hydrogen) atoms. The Morgan fingerprint density at radius 2 is 2.40 bits per heavy atom. The third kappa shape index (κ3) is 3.27. The minimum Gasteiger partial charge on any atom is -0.382 e. The zero-order valence-corrected chi connectivity index (χ0v) is 9.45. The van der Waals surface area contributed by atoms with E-state index >= 15 is 0 Å². The van der Waals surface area contributed by atoms with E-state index in [-0.39, 0.29) is 18.5 Å². The molecule has 5 heteroatoms. The molecule has 5 nitrogen and oxygen atoms in total. The van der Waals surface area contributed by atoms with E-state index in [0.29, 0.717) is 5.82 Å². The lowest BCUT2D eigenvalue weighted by molar-refractivity contribution is -0.122. The first-order valence-corrected chi connectivity index (χ1v) is 5.12. The van der Waals surface area contributed by atoms with Gasteiger partial charge in [-0.2, -0.15) is 5.10 Å². The van der Waals surface area contributed by atoms with Gasteiger partial charge in [-0.25, -0.2) is 0 Å². The van der Waals surface area contributed by atoms with Crippen molar-refractivity contribution in [3.05, 3.63) is 11.8 Å². The lowest BCUT2D eigenvalue weighted by atomic mass is 10.2. The van der Waals surface area contributed by atoms with E-state index in [4.69, 9.17) is 5.73 Å². The summed E-state index contributed by atoms with van der Waals surface area (Å²) in [6.07, 6.45) is 0.923. The Bertz CT molecular complexity index is 345. The van der Waals surface area contributed by atoms with Crippen molar-refractivity contribution < 1.29 is 4.79 Å². The number of carbonyl (C=O) groups excluding carboxylic acids is 1. The van der Waals surface area contributed by atoms with E-state index in [1.54, 1.807) is 10.7 Å². The number of nitrogens with one attached hydrogen (secondary N) is 1. The van der Waals surface area contributed by atoms with Gasteiger partial charge in [-0.05, 0) is 20.3 Å². The standard InChI is InChI=1S/C10H18N4O/c1-4-7(2)12-10(15)6-14-8(3)5-9(11)13-14/h5,7H,4,6H2,1-3H3,(H2,11,13)(H,12,15). The molecule has 1 atom stereocenters. The highest BCUT2D eigenvalue weighted by atomic mass is 16.2. The van der Waals surface area contributed by atoms with Crippen molar-refractivity contribution in [2.24, 2.45) is 0 Å². The number of anilines is 1. The lowest BCUT2D eigenvalue weighted by Gasteiger charge is -2.11. The summed E-state index contributed by atoms with van der Waals surface area (Å²) in [5, 5.41) is 6.89. The summed E-state index contributed by atoms with van der Waals surface area (Å²) in [6, 6.07) is 1.95. The highest BCUT2D eigenvalue weighted by Crippen LogP contribution is 2.03. The summed E-state index contributed by atoms with van der Waals surface area (Å²) in [5.74, 6) is 0.416. The van der Waals surface area contributed by atoms with Gasteiger partial charge in [0.25, 0.3) is 0 Å². The summed E-state index contributed by atoms with van der Waals surface area (Å²) in [6.45, 7) is 6.11. The maximum Gasteiger partial charge on any atom is 0.241 e. The number of hydrogen-bond acceptors (Lipinski definition) is 3. The van der Waals surface area contributed by atoms with Gasteiger partial charge in [0.2, 0.25) is 5.91 Å². The number of nitrogens with two attached hydrogens (primary N) is 1. The molecule has 1 aromatic heterocycles. The van der Waals surface area contributed by atoms with E-state index in [2.05, 4.69) is 10.4 Å². The molecule has 0 saturated carbocycles. The van der Waals surface area contributed by atoms with E-state index in [1.165, 1.54) is 0 Å². The third-order valence-corrected chi connectivity index (χ3v) is 2.31. The average Bonchev–Trinajstić information content (AvgIpc) is 2.44. The molecular weight excluding hydrogens is 192 g/mol. The summed E-state index contributed by atoms with van der Waals surface area (Å²) < 4.78 is 1.60. The quantitative estimate of drug-likeness (QED) is 0.768. The first kappa shape index (κ1) is 11.6. The maximum absolute atomic E-state index is 11.5. The molecule has 0 aliphatic heterocycles. The Kier molecular flexibility index (Phi) is 3.71. The molecule has 0 saturated heterocycles. The number of hydrogen-bond donors (Lipinski definition) is 2. The molecule has 0 aliphatic carbocycles. The number of amides is 1. The molecule has 1 aromatic rings. The van der Waals surface area contributed by atoms with Gasteiger partial charge in [0.15, 0.2) is 0 Å². The fourth-order valence-corrected chi connectivity index (χ4v) is 1.25. The predicted octanol–water partition coefficient (Wildman–Crippen LogP) is 0.688. The smallest absolute Gasteiger partial charge is 0.241 e. The lowest BCUT2D eigenvalue weighted by Crippen LogP contribution is -2.35. The molecule has 1 amide bonds. The van der Waals surface area contributed by atoms with Gasteiger partial charge in [0, 0.05) is 17.8 Å². The largest absolute Gasteiger partial charge is 0.382 e. The van der Waals surface area contributed by atoms with Gasteiger partial charge in [-0.3, -0.25) is 9.48 Å². The van der Waals surface area contributed by atoms with Crippen LogP contribution in [0.1, 0.15) is 26.0 Å². The normalized spacial score (nSPS) is 12.5. The number of aromatic nitrogens is 2. The van der Waals surface area contributed by atoms with Gasteiger partial charge in [0.1, 0.15) is 12.4 Å². The van der Waals surface area contributed by atoms with Crippen LogP contribution in [-0.4, -0.2) is 21.7 Å². The molecule has 3 N–H and O–H groups in total. The van der Waals surface area contributed by atoms with Gasteiger partial charge >= 0.3 is 0 Å². The van der Waals surface area contributed by atoms with Crippen LogP contribution in [0.3, 0.4) is 0 Å². The van der Waals surface area contributed by atoms with Crippen LogP contribution in [0.25, 0.3) is 0 Å². The molecule has 0 fully saturated rings. The summed E-state index contributed by atoms with van der Waals surface area (Å²) in [5.41, 5.74) is 6.41. The van der Waals surface area contributed by atoms with E-state index < -0.39 is 0 Å². The van der Waals surface area contributed by atoms with E-state index in [0.717, 1.165) is 12.1 Å². The van der Waals surface area contributed by atoms with Crippen LogP contribution in [0.15, 0.2) is 6.07 Å². The molecule has 1 heterocycles. The fourth-order valence-electron chi connectivity index (χ4n) is 1.25. The van der Waals surface area contributed by atoms with Crippen LogP contribution in [0.4, 0.5) is 5.82 Å². The molecule has 0 aromatic carbocycles. The molecule has 0 radical (unpaired) electrons. The highest BCUT2D eigenvalue weighted by Gasteiger charge is 2.08. The predicted molar refractivity (Wildman–Crippen MR) is 59.3 cm³/mol. The second-order valence-electron chi connectivity index (χ2n) is 3.75. The zero-order chi connectivity index (χ0) is 11.4. The second-order valence-corrected chi connectivity index (χ2v) is 3.75. The molecule has 1 unspecified atom stereocenters. The molecule has 1 rings (SSSR count). The maximum atomic E-state index is 11.5.